The molecule has 0 aliphatic heterocycles. The van der Waals surface area contributed by atoms with Crippen LogP contribution in [0.15, 0.2) is 0 Å². The van der Waals surface area contributed by atoms with E-state index in [0.717, 1.165) is 6.54 Å². The minimum Gasteiger partial charge on any atom is -0.355 e. The van der Waals surface area contributed by atoms with Gasteiger partial charge in [-0.1, -0.05) is 13.8 Å². The number of alkyl halides is 1. The van der Waals surface area contributed by atoms with Crippen molar-refractivity contribution in [3.05, 3.63) is 0 Å². The monoisotopic (exact) mass is 231 g/mol. The Balaban J connectivity index is 2.41. The van der Waals surface area contributed by atoms with Crippen molar-refractivity contribution in [2.45, 2.75) is 40.5 Å². The van der Waals surface area contributed by atoms with Crippen LogP contribution in [-0.2, 0) is 4.79 Å². The molecule has 3 heteroatoms. The van der Waals surface area contributed by atoms with Gasteiger partial charge in [0, 0.05) is 12.4 Å². The molecule has 0 heterocycles. The first-order chi connectivity index (χ1) is 6.84. The Labute approximate surface area is 97.8 Å². The molecule has 0 aromatic heterocycles. The van der Waals surface area contributed by atoms with Gasteiger partial charge < -0.3 is 5.32 Å². The summed E-state index contributed by atoms with van der Waals surface area (Å²) in [6.07, 6.45) is 2.48. The fourth-order valence-corrected chi connectivity index (χ4v) is 1.80. The maximum atomic E-state index is 11.8. The van der Waals surface area contributed by atoms with Gasteiger partial charge in [0.25, 0.3) is 0 Å². The van der Waals surface area contributed by atoms with Crippen LogP contribution in [0.1, 0.15) is 40.5 Å². The van der Waals surface area contributed by atoms with Crippen molar-refractivity contribution in [3.63, 3.8) is 0 Å². The fraction of sp³-hybridized carbons (Fsp3) is 0.917. The smallest absolute Gasteiger partial charge is 0.226 e. The second-order valence-corrected chi connectivity index (χ2v) is 5.98. The molecule has 0 atom stereocenters. The van der Waals surface area contributed by atoms with Gasteiger partial charge in [-0.15, -0.1) is 11.6 Å². The minimum absolute atomic E-state index is 0.0735. The molecule has 0 spiro atoms. The van der Waals surface area contributed by atoms with E-state index in [0.29, 0.717) is 17.2 Å². The molecule has 1 N–H and O–H groups in total. The third kappa shape index (κ3) is 2.87. The average molecular weight is 232 g/mol. The molecule has 1 aliphatic carbocycles. The maximum absolute atomic E-state index is 11.8. The first-order valence-electron chi connectivity index (χ1n) is 5.68. The number of amides is 1. The van der Waals surface area contributed by atoms with Crippen LogP contribution in [-0.4, -0.2) is 18.3 Å². The Morgan fingerprint density at radius 3 is 2.33 bits per heavy atom. The minimum atomic E-state index is -0.450. The van der Waals surface area contributed by atoms with Crippen LogP contribution in [0.5, 0.6) is 0 Å². The average Bonchev–Trinajstić information content (AvgIpc) is 2.95. The SMILES string of the molecule is CC(C)C1(CNC(=O)C(C)(C)CCl)CC1. The summed E-state index contributed by atoms with van der Waals surface area (Å²) >= 11 is 5.76. The predicted molar refractivity (Wildman–Crippen MR) is 64.0 cm³/mol. The van der Waals surface area contributed by atoms with Crippen molar-refractivity contribution in [3.8, 4) is 0 Å². The zero-order chi connectivity index (χ0) is 11.7. The number of hydrogen-bond acceptors (Lipinski definition) is 1. The molecule has 1 rings (SSSR count). The van der Waals surface area contributed by atoms with Gasteiger partial charge in [0.2, 0.25) is 5.91 Å². The van der Waals surface area contributed by atoms with Crippen LogP contribution in [0.25, 0.3) is 0 Å². The van der Waals surface area contributed by atoms with Crippen molar-refractivity contribution in [1.82, 2.24) is 5.32 Å². The molecule has 88 valence electrons. The number of hydrogen-bond donors (Lipinski definition) is 1. The lowest BCUT2D eigenvalue weighted by atomic mass is 9.90. The van der Waals surface area contributed by atoms with Gasteiger partial charge in [0.05, 0.1) is 5.41 Å². The molecule has 1 saturated carbocycles. The molecule has 0 saturated heterocycles. The van der Waals surface area contributed by atoms with E-state index < -0.39 is 5.41 Å². The molecule has 0 radical (unpaired) electrons. The van der Waals surface area contributed by atoms with Crippen molar-refractivity contribution in [2.24, 2.45) is 16.7 Å². The molecular formula is C12H22ClNO. The van der Waals surface area contributed by atoms with E-state index >= 15 is 0 Å². The van der Waals surface area contributed by atoms with Gasteiger partial charge >= 0.3 is 0 Å². The highest BCUT2D eigenvalue weighted by molar-refractivity contribution is 6.19. The maximum Gasteiger partial charge on any atom is 0.226 e. The summed E-state index contributed by atoms with van der Waals surface area (Å²) in [4.78, 5) is 11.8. The standard InChI is InChI=1S/C12H22ClNO/c1-9(2)12(5-6-12)8-14-10(15)11(3,4)7-13/h9H,5-8H2,1-4H3,(H,14,15). The topological polar surface area (TPSA) is 29.1 Å². The predicted octanol–water partition coefficient (Wildman–Crippen LogP) is 2.80. The fourth-order valence-electron chi connectivity index (χ4n) is 1.68. The molecule has 0 unspecified atom stereocenters. The molecule has 2 nitrogen and oxygen atoms in total. The van der Waals surface area contributed by atoms with Crippen LogP contribution < -0.4 is 5.32 Å². The zero-order valence-electron chi connectivity index (χ0n) is 10.2. The first-order valence-corrected chi connectivity index (χ1v) is 6.22. The summed E-state index contributed by atoms with van der Waals surface area (Å²) in [5.41, 5.74) is -0.0767. The highest BCUT2D eigenvalue weighted by Gasteiger charge is 2.45. The second-order valence-electron chi connectivity index (χ2n) is 5.72. The van der Waals surface area contributed by atoms with Gasteiger partial charge in [0.1, 0.15) is 0 Å². The Morgan fingerprint density at radius 2 is 2.00 bits per heavy atom. The van der Waals surface area contributed by atoms with Crippen LogP contribution in [0.4, 0.5) is 0 Å². The Bertz CT molecular complexity index is 244. The molecule has 0 aromatic carbocycles. The number of carbonyl (C=O) groups excluding carboxylic acids is 1. The van der Waals surface area contributed by atoms with Gasteiger partial charge in [0.15, 0.2) is 0 Å². The van der Waals surface area contributed by atoms with E-state index in [2.05, 4.69) is 19.2 Å². The normalized spacial score (nSPS) is 19.1. The molecule has 1 aliphatic rings. The van der Waals surface area contributed by atoms with E-state index in [1.54, 1.807) is 0 Å². The van der Waals surface area contributed by atoms with Crippen molar-refractivity contribution < 1.29 is 4.79 Å². The van der Waals surface area contributed by atoms with Gasteiger partial charge in [-0.2, -0.15) is 0 Å². The molecular weight excluding hydrogens is 210 g/mol. The van der Waals surface area contributed by atoms with E-state index in [9.17, 15) is 4.79 Å². The van der Waals surface area contributed by atoms with Gasteiger partial charge in [-0.3, -0.25) is 4.79 Å². The van der Waals surface area contributed by atoms with Crippen LogP contribution in [0.2, 0.25) is 0 Å². The Morgan fingerprint density at radius 1 is 1.47 bits per heavy atom. The lowest BCUT2D eigenvalue weighted by molar-refractivity contribution is -0.128. The summed E-state index contributed by atoms with van der Waals surface area (Å²) in [7, 11) is 0. The third-order valence-electron chi connectivity index (χ3n) is 3.67. The number of carbonyl (C=O) groups is 1. The third-order valence-corrected chi connectivity index (χ3v) is 4.33. The van der Waals surface area contributed by atoms with Crippen LogP contribution in [0.3, 0.4) is 0 Å². The van der Waals surface area contributed by atoms with Crippen molar-refractivity contribution >= 4 is 17.5 Å². The number of halogens is 1. The summed E-state index contributed by atoms with van der Waals surface area (Å²) in [6, 6.07) is 0. The summed E-state index contributed by atoms with van der Waals surface area (Å²) < 4.78 is 0. The van der Waals surface area contributed by atoms with E-state index in [-0.39, 0.29) is 5.91 Å². The van der Waals surface area contributed by atoms with Gasteiger partial charge in [-0.05, 0) is 38.0 Å². The molecule has 1 fully saturated rings. The van der Waals surface area contributed by atoms with E-state index in [1.165, 1.54) is 12.8 Å². The first kappa shape index (κ1) is 12.8. The summed E-state index contributed by atoms with van der Waals surface area (Å²) in [5.74, 6) is 1.09. The second kappa shape index (κ2) is 4.32. The molecule has 0 aromatic rings. The van der Waals surface area contributed by atoms with Crippen LogP contribution >= 0.6 is 11.6 Å². The summed E-state index contributed by atoms with van der Waals surface area (Å²) in [5, 5.41) is 3.03. The highest BCUT2D eigenvalue weighted by atomic mass is 35.5. The largest absolute Gasteiger partial charge is 0.355 e. The van der Waals surface area contributed by atoms with Crippen molar-refractivity contribution in [2.75, 3.05) is 12.4 Å². The van der Waals surface area contributed by atoms with E-state index in [1.807, 2.05) is 13.8 Å². The lowest BCUT2D eigenvalue weighted by Crippen LogP contribution is -2.41. The lowest BCUT2D eigenvalue weighted by Gasteiger charge is -2.25. The molecule has 1 amide bonds. The summed E-state index contributed by atoms with van der Waals surface area (Å²) in [6.45, 7) is 9.02. The Kier molecular flexibility index (Phi) is 3.70. The van der Waals surface area contributed by atoms with Crippen LogP contribution in [0, 0.1) is 16.7 Å². The van der Waals surface area contributed by atoms with E-state index in [4.69, 9.17) is 11.6 Å². The Hall–Kier alpha value is -0.240. The molecule has 0 bridgehead atoms. The highest BCUT2D eigenvalue weighted by Crippen LogP contribution is 2.51. The quantitative estimate of drug-likeness (QED) is 0.725. The zero-order valence-corrected chi connectivity index (χ0v) is 10.9. The number of nitrogens with one attached hydrogen (secondary N) is 1. The number of rotatable bonds is 5. The molecule has 15 heavy (non-hydrogen) atoms. The van der Waals surface area contributed by atoms with Crippen molar-refractivity contribution in [1.29, 1.82) is 0 Å². The van der Waals surface area contributed by atoms with Gasteiger partial charge in [-0.25, -0.2) is 0 Å².